The normalized spacial score (nSPS) is 11.4. The third kappa shape index (κ3) is 3.32. The Kier molecular flexibility index (Phi) is 5.48. The van der Waals surface area contributed by atoms with Crippen molar-refractivity contribution in [1.82, 2.24) is 4.90 Å². The molecule has 0 unspecified atom stereocenters. The molecule has 1 aromatic rings. The van der Waals surface area contributed by atoms with Gasteiger partial charge in [0.1, 0.15) is 5.82 Å². The summed E-state index contributed by atoms with van der Waals surface area (Å²) in [5.74, 6) is -0.295. The second kappa shape index (κ2) is 6.66. The van der Waals surface area contributed by atoms with Crippen LogP contribution in [0.1, 0.15) is 32.3 Å². The summed E-state index contributed by atoms with van der Waals surface area (Å²) in [5, 5.41) is 0. The van der Waals surface area contributed by atoms with Crippen molar-refractivity contribution in [1.29, 1.82) is 0 Å². The lowest BCUT2D eigenvalue weighted by Crippen LogP contribution is -2.45. The van der Waals surface area contributed by atoms with Gasteiger partial charge in [-0.05, 0) is 18.9 Å². The van der Waals surface area contributed by atoms with E-state index in [1.165, 1.54) is 6.07 Å². The van der Waals surface area contributed by atoms with Gasteiger partial charge in [-0.25, -0.2) is 4.39 Å². The highest BCUT2D eigenvalue weighted by atomic mass is 19.1. The van der Waals surface area contributed by atoms with Gasteiger partial charge in [0.2, 0.25) is 5.91 Å². The van der Waals surface area contributed by atoms with Crippen molar-refractivity contribution >= 4 is 5.91 Å². The third-order valence-electron chi connectivity index (χ3n) is 3.91. The second-order valence-corrected chi connectivity index (χ2v) is 4.94. The molecule has 0 aromatic heterocycles. The van der Waals surface area contributed by atoms with Crippen LogP contribution in [0.5, 0.6) is 0 Å². The average Bonchev–Trinajstić information content (AvgIpc) is 2.43. The first-order valence-corrected chi connectivity index (χ1v) is 6.69. The molecule has 0 spiro atoms. The number of amides is 1. The summed E-state index contributed by atoms with van der Waals surface area (Å²) in [7, 11) is 1.70. The fourth-order valence-corrected chi connectivity index (χ4v) is 2.29. The zero-order valence-corrected chi connectivity index (χ0v) is 11.9. The summed E-state index contributed by atoms with van der Waals surface area (Å²) >= 11 is 0. The number of hydrogen-bond donors (Lipinski definition) is 1. The number of benzene rings is 1. The van der Waals surface area contributed by atoms with Crippen LogP contribution in [0.15, 0.2) is 24.3 Å². The lowest BCUT2D eigenvalue weighted by molar-refractivity contribution is -0.141. The van der Waals surface area contributed by atoms with Gasteiger partial charge in [0.25, 0.3) is 0 Å². The Balaban J connectivity index is 2.86. The van der Waals surface area contributed by atoms with Gasteiger partial charge in [0.15, 0.2) is 0 Å². The van der Waals surface area contributed by atoms with Gasteiger partial charge in [-0.2, -0.15) is 0 Å². The van der Waals surface area contributed by atoms with Gasteiger partial charge in [-0.3, -0.25) is 4.79 Å². The third-order valence-corrected chi connectivity index (χ3v) is 3.91. The molecule has 1 rings (SSSR count). The van der Waals surface area contributed by atoms with Gasteiger partial charge in [0, 0.05) is 25.7 Å². The molecule has 0 atom stereocenters. The highest BCUT2D eigenvalue weighted by molar-refractivity contribution is 5.82. The topological polar surface area (TPSA) is 46.3 Å². The first-order valence-electron chi connectivity index (χ1n) is 6.69. The Bertz CT molecular complexity index is 422. The molecule has 0 radical (unpaired) electrons. The molecular formula is C15H23FN2O. The number of nitrogens with two attached hydrogens (primary N) is 1. The van der Waals surface area contributed by atoms with Crippen LogP contribution in [0.25, 0.3) is 0 Å². The quantitative estimate of drug-likeness (QED) is 0.860. The second-order valence-electron chi connectivity index (χ2n) is 4.94. The maximum atomic E-state index is 13.6. The molecule has 0 aliphatic carbocycles. The van der Waals surface area contributed by atoms with Crippen LogP contribution in [0.4, 0.5) is 4.39 Å². The van der Waals surface area contributed by atoms with Crippen molar-refractivity contribution in [2.45, 2.75) is 33.2 Å². The minimum Gasteiger partial charge on any atom is -0.341 e. The Hall–Kier alpha value is -1.42. The van der Waals surface area contributed by atoms with Crippen molar-refractivity contribution in [3.8, 4) is 0 Å². The zero-order chi connectivity index (χ0) is 14.5. The molecule has 19 heavy (non-hydrogen) atoms. The summed E-state index contributed by atoms with van der Waals surface area (Å²) in [6.07, 6.45) is 1.39. The lowest BCUT2D eigenvalue weighted by atomic mass is 9.81. The fourth-order valence-electron chi connectivity index (χ4n) is 2.29. The van der Waals surface area contributed by atoms with Crippen LogP contribution in [0, 0.1) is 11.2 Å². The molecule has 1 aromatic carbocycles. The number of halogens is 1. The van der Waals surface area contributed by atoms with Crippen LogP contribution in [0.3, 0.4) is 0 Å². The SMILES string of the molecule is CCC(CC)(CN)C(=O)N(C)Cc1ccccc1F. The van der Waals surface area contributed by atoms with E-state index in [1.54, 1.807) is 30.1 Å². The van der Waals surface area contributed by atoms with E-state index in [1.807, 2.05) is 13.8 Å². The van der Waals surface area contributed by atoms with Gasteiger partial charge in [-0.1, -0.05) is 32.0 Å². The van der Waals surface area contributed by atoms with Crippen molar-refractivity contribution < 1.29 is 9.18 Å². The number of carbonyl (C=O) groups excluding carboxylic acids is 1. The van der Waals surface area contributed by atoms with Crippen molar-refractivity contribution in [2.75, 3.05) is 13.6 Å². The summed E-state index contributed by atoms with van der Waals surface area (Å²) < 4.78 is 13.6. The maximum Gasteiger partial charge on any atom is 0.230 e. The molecule has 106 valence electrons. The van der Waals surface area contributed by atoms with Crippen LogP contribution in [-0.4, -0.2) is 24.4 Å². The summed E-state index contributed by atoms with van der Waals surface area (Å²) in [6.45, 7) is 4.52. The summed E-state index contributed by atoms with van der Waals surface area (Å²) in [5.41, 5.74) is 5.77. The van der Waals surface area contributed by atoms with Crippen LogP contribution < -0.4 is 5.73 Å². The van der Waals surface area contributed by atoms with Crippen LogP contribution >= 0.6 is 0 Å². The Labute approximate surface area is 114 Å². The monoisotopic (exact) mass is 266 g/mol. The Morgan fingerprint density at radius 2 is 1.89 bits per heavy atom. The van der Waals surface area contributed by atoms with E-state index < -0.39 is 5.41 Å². The van der Waals surface area contributed by atoms with Gasteiger partial charge >= 0.3 is 0 Å². The highest BCUT2D eigenvalue weighted by Crippen LogP contribution is 2.28. The molecule has 0 saturated heterocycles. The summed E-state index contributed by atoms with van der Waals surface area (Å²) in [6, 6.07) is 6.51. The molecule has 3 nitrogen and oxygen atoms in total. The van der Waals surface area contributed by atoms with E-state index >= 15 is 0 Å². The Morgan fingerprint density at radius 3 is 2.37 bits per heavy atom. The minimum absolute atomic E-state index is 0.0109. The van der Waals surface area contributed by atoms with Crippen LogP contribution in [0.2, 0.25) is 0 Å². The number of hydrogen-bond acceptors (Lipinski definition) is 2. The number of nitrogens with zero attached hydrogens (tertiary/aromatic N) is 1. The molecule has 1 amide bonds. The van der Waals surface area contributed by atoms with E-state index in [4.69, 9.17) is 5.73 Å². The predicted octanol–water partition coefficient (Wildman–Crippen LogP) is 2.55. The molecule has 0 aliphatic rings. The number of rotatable bonds is 6. The van der Waals surface area contributed by atoms with Crippen LogP contribution in [-0.2, 0) is 11.3 Å². The molecule has 0 fully saturated rings. The molecule has 0 saturated carbocycles. The number of carbonyl (C=O) groups is 1. The lowest BCUT2D eigenvalue weighted by Gasteiger charge is -2.33. The standard InChI is InChI=1S/C15H23FN2O/c1-4-15(5-2,11-17)14(19)18(3)10-12-8-6-7-9-13(12)16/h6-9H,4-5,10-11,17H2,1-3H3. The van der Waals surface area contributed by atoms with Gasteiger partial charge < -0.3 is 10.6 Å². The first kappa shape index (κ1) is 15.6. The van der Waals surface area contributed by atoms with E-state index in [0.29, 0.717) is 24.9 Å². The molecule has 0 bridgehead atoms. The van der Waals surface area contributed by atoms with E-state index in [9.17, 15) is 9.18 Å². The molecule has 0 heterocycles. The van der Waals surface area contributed by atoms with Crippen molar-refractivity contribution in [3.63, 3.8) is 0 Å². The molecule has 2 N–H and O–H groups in total. The van der Waals surface area contributed by atoms with Crippen molar-refractivity contribution in [3.05, 3.63) is 35.6 Å². The zero-order valence-electron chi connectivity index (χ0n) is 11.9. The van der Waals surface area contributed by atoms with Gasteiger partial charge in [0.05, 0.1) is 5.41 Å². The summed E-state index contributed by atoms with van der Waals surface area (Å²) in [4.78, 5) is 14.1. The van der Waals surface area contributed by atoms with Crippen molar-refractivity contribution in [2.24, 2.45) is 11.1 Å². The van der Waals surface area contributed by atoms with E-state index in [-0.39, 0.29) is 18.3 Å². The highest BCUT2D eigenvalue weighted by Gasteiger charge is 2.35. The van der Waals surface area contributed by atoms with Gasteiger partial charge in [-0.15, -0.1) is 0 Å². The molecule has 0 aliphatic heterocycles. The average molecular weight is 266 g/mol. The largest absolute Gasteiger partial charge is 0.341 e. The molecule has 4 heteroatoms. The van der Waals surface area contributed by atoms with E-state index in [0.717, 1.165) is 0 Å². The maximum absolute atomic E-state index is 13.6. The van der Waals surface area contributed by atoms with E-state index in [2.05, 4.69) is 0 Å². The Morgan fingerprint density at radius 1 is 1.32 bits per heavy atom. The molecular weight excluding hydrogens is 243 g/mol. The predicted molar refractivity (Wildman–Crippen MR) is 74.9 cm³/mol. The fraction of sp³-hybridized carbons (Fsp3) is 0.533. The first-order chi connectivity index (χ1) is 9.00. The smallest absolute Gasteiger partial charge is 0.230 e. The minimum atomic E-state index is -0.528.